The number of carbonyl (C=O) groups excluding carboxylic acids is 1. The molecule has 1 N–H and O–H groups in total. The number of halogens is 1. The van der Waals surface area contributed by atoms with Gasteiger partial charge < -0.3 is 10.1 Å². The monoisotopic (exact) mass is 354 g/mol. The Morgan fingerprint density at radius 1 is 1.04 bits per heavy atom. The van der Waals surface area contributed by atoms with Crippen molar-refractivity contribution in [1.29, 1.82) is 0 Å². The van der Waals surface area contributed by atoms with E-state index in [9.17, 15) is 9.18 Å². The van der Waals surface area contributed by atoms with Crippen molar-refractivity contribution in [3.05, 3.63) is 77.1 Å². The van der Waals surface area contributed by atoms with Crippen LogP contribution in [0.5, 0.6) is 0 Å². The van der Waals surface area contributed by atoms with E-state index in [1.165, 1.54) is 23.8 Å². The van der Waals surface area contributed by atoms with Crippen LogP contribution < -0.4 is 5.32 Å². The van der Waals surface area contributed by atoms with Crippen molar-refractivity contribution in [2.24, 2.45) is 0 Å². The van der Waals surface area contributed by atoms with Gasteiger partial charge in [0.2, 0.25) is 5.91 Å². The molecule has 0 unspecified atom stereocenters. The van der Waals surface area contributed by atoms with Crippen LogP contribution in [-0.4, -0.2) is 37.1 Å². The Kier molecular flexibility index (Phi) is 6.52. The van der Waals surface area contributed by atoms with Crippen LogP contribution in [0, 0.1) is 5.82 Å². The molecular weight excluding hydrogens is 331 g/mol. The molecule has 136 valence electrons. The van der Waals surface area contributed by atoms with E-state index in [0.717, 1.165) is 44.0 Å². The maximum absolute atomic E-state index is 12.8. The zero-order valence-electron chi connectivity index (χ0n) is 14.7. The number of benzene rings is 2. The highest BCUT2D eigenvalue weighted by Crippen LogP contribution is 2.09. The number of ether oxygens (including phenoxy) is 1. The lowest BCUT2D eigenvalue weighted by atomic mass is 10.1. The fourth-order valence-corrected chi connectivity index (χ4v) is 2.77. The van der Waals surface area contributed by atoms with Crippen molar-refractivity contribution in [2.75, 3.05) is 26.3 Å². The summed E-state index contributed by atoms with van der Waals surface area (Å²) in [5, 5.41) is 2.85. The Balaban J connectivity index is 1.45. The lowest BCUT2D eigenvalue weighted by Crippen LogP contribution is -2.35. The first kappa shape index (κ1) is 18.3. The second kappa shape index (κ2) is 9.27. The minimum Gasteiger partial charge on any atom is -0.379 e. The molecule has 1 fully saturated rings. The molecule has 0 aromatic heterocycles. The number of morpholine rings is 1. The van der Waals surface area contributed by atoms with E-state index >= 15 is 0 Å². The Labute approximate surface area is 153 Å². The zero-order chi connectivity index (χ0) is 18.2. The third-order valence-corrected chi connectivity index (χ3v) is 4.30. The first-order chi connectivity index (χ1) is 12.7. The quantitative estimate of drug-likeness (QED) is 0.811. The minimum absolute atomic E-state index is 0.174. The largest absolute Gasteiger partial charge is 0.379 e. The standard InChI is InChI=1S/C21H23FN2O2/c22-20-8-5-17(6-9-20)7-10-21(25)23-15-18-1-3-19(4-2-18)16-24-11-13-26-14-12-24/h1-10H,11-16H2,(H,23,25). The van der Waals surface area contributed by atoms with Crippen molar-refractivity contribution in [2.45, 2.75) is 13.1 Å². The van der Waals surface area contributed by atoms with Crippen molar-refractivity contribution in [3.8, 4) is 0 Å². The van der Waals surface area contributed by atoms with Gasteiger partial charge in [-0.15, -0.1) is 0 Å². The van der Waals surface area contributed by atoms with Crippen LogP contribution >= 0.6 is 0 Å². The van der Waals surface area contributed by atoms with E-state index < -0.39 is 0 Å². The summed E-state index contributed by atoms with van der Waals surface area (Å²) in [6.07, 6.45) is 3.13. The molecule has 3 rings (SSSR count). The molecule has 2 aromatic rings. The highest BCUT2D eigenvalue weighted by molar-refractivity contribution is 5.91. The van der Waals surface area contributed by atoms with Gasteiger partial charge in [-0.3, -0.25) is 9.69 Å². The Morgan fingerprint density at radius 3 is 2.38 bits per heavy atom. The Morgan fingerprint density at radius 2 is 1.69 bits per heavy atom. The summed E-state index contributed by atoms with van der Waals surface area (Å²) in [6, 6.07) is 14.3. The number of rotatable bonds is 6. The van der Waals surface area contributed by atoms with Crippen LogP contribution in [0.2, 0.25) is 0 Å². The maximum atomic E-state index is 12.8. The third kappa shape index (κ3) is 5.79. The average Bonchev–Trinajstić information content (AvgIpc) is 2.68. The van der Waals surface area contributed by atoms with E-state index in [1.54, 1.807) is 18.2 Å². The normalized spacial score (nSPS) is 15.3. The summed E-state index contributed by atoms with van der Waals surface area (Å²) < 4.78 is 18.2. The number of amides is 1. The minimum atomic E-state index is -0.288. The van der Waals surface area contributed by atoms with Gasteiger partial charge in [-0.2, -0.15) is 0 Å². The highest BCUT2D eigenvalue weighted by Gasteiger charge is 2.10. The third-order valence-electron chi connectivity index (χ3n) is 4.30. The van der Waals surface area contributed by atoms with Gasteiger partial charge in [-0.05, 0) is 34.9 Å². The molecule has 5 heteroatoms. The Bertz CT molecular complexity index is 736. The predicted octanol–water partition coefficient (Wildman–Crippen LogP) is 2.99. The number of nitrogens with zero attached hydrogens (tertiary/aromatic N) is 1. The van der Waals surface area contributed by atoms with Gasteiger partial charge in [0.1, 0.15) is 5.82 Å². The average molecular weight is 354 g/mol. The summed E-state index contributed by atoms with van der Waals surface area (Å²) in [5.41, 5.74) is 3.10. The van der Waals surface area contributed by atoms with Gasteiger partial charge in [0.05, 0.1) is 13.2 Å². The summed E-state index contributed by atoms with van der Waals surface area (Å²) in [5.74, 6) is -0.463. The van der Waals surface area contributed by atoms with Gasteiger partial charge in [-0.25, -0.2) is 4.39 Å². The number of hydrogen-bond donors (Lipinski definition) is 1. The Hall–Kier alpha value is -2.50. The van der Waals surface area contributed by atoms with Crippen LogP contribution in [-0.2, 0) is 22.6 Å². The number of carbonyl (C=O) groups is 1. The molecule has 4 nitrogen and oxygen atoms in total. The predicted molar refractivity (Wildman–Crippen MR) is 99.8 cm³/mol. The van der Waals surface area contributed by atoms with Crippen molar-refractivity contribution >= 4 is 12.0 Å². The second-order valence-electron chi connectivity index (χ2n) is 6.31. The van der Waals surface area contributed by atoms with Crippen LogP contribution in [0.4, 0.5) is 4.39 Å². The molecule has 0 aliphatic carbocycles. The molecular formula is C21H23FN2O2. The molecule has 0 bridgehead atoms. The number of nitrogens with one attached hydrogen (secondary N) is 1. The first-order valence-corrected chi connectivity index (χ1v) is 8.78. The van der Waals surface area contributed by atoms with E-state index in [1.807, 2.05) is 12.1 Å². The summed E-state index contributed by atoms with van der Waals surface area (Å²) in [4.78, 5) is 14.3. The fourth-order valence-electron chi connectivity index (χ4n) is 2.77. The zero-order valence-corrected chi connectivity index (χ0v) is 14.7. The molecule has 0 radical (unpaired) electrons. The second-order valence-corrected chi connectivity index (χ2v) is 6.31. The first-order valence-electron chi connectivity index (χ1n) is 8.78. The smallest absolute Gasteiger partial charge is 0.244 e. The van der Waals surface area contributed by atoms with Gasteiger partial charge in [-0.1, -0.05) is 36.4 Å². The molecule has 1 amide bonds. The van der Waals surface area contributed by atoms with Crippen LogP contribution in [0.3, 0.4) is 0 Å². The van der Waals surface area contributed by atoms with E-state index in [4.69, 9.17) is 4.74 Å². The molecule has 26 heavy (non-hydrogen) atoms. The molecule has 1 aliphatic heterocycles. The van der Waals surface area contributed by atoms with E-state index in [-0.39, 0.29) is 11.7 Å². The molecule has 2 aromatic carbocycles. The lowest BCUT2D eigenvalue weighted by molar-refractivity contribution is -0.116. The van der Waals surface area contributed by atoms with E-state index in [2.05, 4.69) is 22.3 Å². The maximum Gasteiger partial charge on any atom is 0.244 e. The van der Waals surface area contributed by atoms with Crippen LogP contribution in [0.25, 0.3) is 6.08 Å². The lowest BCUT2D eigenvalue weighted by Gasteiger charge is -2.26. The van der Waals surface area contributed by atoms with E-state index in [0.29, 0.717) is 6.54 Å². The van der Waals surface area contributed by atoms with Crippen LogP contribution in [0.1, 0.15) is 16.7 Å². The van der Waals surface area contributed by atoms with Gasteiger partial charge in [0.25, 0.3) is 0 Å². The number of hydrogen-bond acceptors (Lipinski definition) is 3. The molecule has 0 atom stereocenters. The van der Waals surface area contributed by atoms with Crippen molar-refractivity contribution in [3.63, 3.8) is 0 Å². The molecule has 0 saturated carbocycles. The molecule has 1 heterocycles. The van der Waals surface area contributed by atoms with Gasteiger partial charge >= 0.3 is 0 Å². The topological polar surface area (TPSA) is 41.6 Å². The molecule has 1 saturated heterocycles. The van der Waals surface area contributed by atoms with Crippen LogP contribution in [0.15, 0.2) is 54.6 Å². The highest BCUT2D eigenvalue weighted by atomic mass is 19.1. The summed E-state index contributed by atoms with van der Waals surface area (Å²) in [7, 11) is 0. The fraction of sp³-hybridized carbons (Fsp3) is 0.286. The summed E-state index contributed by atoms with van der Waals surface area (Å²) >= 11 is 0. The summed E-state index contributed by atoms with van der Waals surface area (Å²) in [6.45, 7) is 4.95. The SMILES string of the molecule is O=C(C=Cc1ccc(F)cc1)NCc1ccc(CN2CCOCC2)cc1. The van der Waals surface area contributed by atoms with Crippen molar-refractivity contribution in [1.82, 2.24) is 10.2 Å². The van der Waals surface area contributed by atoms with Crippen molar-refractivity contribution < 1.29 is 13.9 Å². The molecule has 1 aliphatic rings. The van der Waals surface area contributed by atoms with Gasteiger partial charge in [0, 0.05) is 32.3 Å². The molecule has 0 spiro atoms. The van der Waals surface area contributed by atoms with Gasteiger partial charge in [0.15, 0.2) is 0 Å².